The highest BCUT2D eigenvalue weighted by Crippen LogP contribution is 2.33. The van der Waals surface area contributed by atoms with Crippen molar-refractivity contribution < 1.29 is 9.18 Å². The van der Waals surface area contributed by atoms with Crippen LogP contribution in [-0.2, 0) is 17.8 Å². The number of carbonyl (C=O) groups is 1. The number of rotatable bonds is 4. The fraction of sp³-hybridized carbons (Fsp3) is 0.550. The van der Waals surface area contributed by atoms with Crippen LogP contribution in [0.3, 0.4) is 0 Å². The van der Waals surface area contributed by atoms with Gasteiger partial charge in [0.15, 0.2) is 5.82 Å². The maximum Gasteiger partial charge on any atom is 0.227 e. The van der Waals surface area contributed by atoms with E-state index in [1.807, 2.05) is 0 Å². The van der Waals surface area contributed by atoms with Crippen LogP contribution < -0.4 is 11.1 Å². The molecule has 2 heterocycles. The molecule has 1 aromatic heterocycles. The van der Waals surface area contributed by atoms with Crippen molar-refractivity contribution in [1.82, 2.24) is 14.8 Å². The minimum absolute atomic E-state index is 0. The van der Waals surface area contributed by atoms with Crippen LogP contribution in [0, 0.1) is 17.7 Å². The third kappa shape index (κ3) is 4.90. The Balaban J connectivity index is 0.00000150. The molecule has 0 saturated heterocycles. The van der Waals surface area contributed by atoms with Crippen molar-refractivity contribution in [3.05, 3.63) is 29.8 Å². The van der Waals surface area contributed by atoms with E-state index in [2.05, 4.69) is 20.1 Å². The van der Waals surface area contributed by atoms with Crippen LogP contribution in [0.25, 0.3) is 11.4 Å². The van der Waals surface area contributed by atoms with Crippen LogP contribution in [0.5, 0.6) is 0 Å². The molecule has 2 atom stereocenters. The van der Waals surface area contributed by atoms with Gasteiger partial charge in [0.25, 0.3) is 0 Å². The van der Waals surface area contributed by atoms with Gasteiger partial charge in [-0.1, -0.05) is 12.8 Å². The monoisotopic (exact) mass is 443 g/mol. The molecule has 6 nitrogen and oxygen atoms in total. The topological polar surface area (TPSA) is 85.8 Å². The molecule has 4 rings (SSSR count). The van der Waals surface area contributed by atoms with E-state index in [4.69, 9.17) is 5.73 Å². The molecule has 0 spiro atoms. The number of carbonyl (C=O) groups excluding carboxylic acids is 1. The predicted octanol–water partition coefficient (Wildman–Crippen LogP) is 3.97. The summed E-state index contributed by atoms with van der Waals surface area (Å²) in [6, 6.07) is 4.76. The van der Waals surface area contributed by atoms with Crippen molar-refractivity contribution in [3.8, 4) is 11.4 Å². The SMILES string of the molecule is Cl.Cl.NC[C@H]1CCC[C@H]1C(=O)Nc1cc(-c2nnc3n2CCCCC3)ccc1F. The minimum atomic E-state index is -0.440. The van der Waals surface area contributed by atoms with E-state index in [1.165, 1.54) is 12.5 Å². The lowest BCUT2D eigenvalue weighted by Gasteiger charge is -2.18. The van der Waals surface area contributed by atoms with Crippen molar-refractivity contribution >= 4 is 36.4 Å². The molecule has 160 valence electrons. The highest BCUT2D eigenvalue weighted by Gasteiger charge is 2.32. The Labute approximate surface area is 182 Å². The predicted molar refractivity (Wildman–Crippen MR) is 116 cm³/mol. The van der Waals surface area contributed by atoms with Gasteiger partial charge in [-0.2, -0.15) is 0 Å². The van der Waals surface area contributed by atoms with E-state index in [0.29, 0.717) is 6.54 Å². The number of nitrogens with zero attached hydrogens (tertiary/aromatic N) is 3. The molecule has 29 heavy (non-hydrogen) atoms. The third-order valence-electron chi connectivity index (χ3n) is 5.89. The number of fused-ring (bicyclic) bond motifs is 1. The Morgan fingerprint density at radius 1 is 1.17 bits per heavy atom. The molecule has 1 fully saturated rings. The van der Waals surface area contributed by atoms with Crippen molar-refractivity contribution in [2.75, 3.05) is 11.9 Å². The lowest BCUT2D eigenvalue weighted by atomic mass is 9.95. The quantitative estimate of drug-likeness (QED) is 0.748. The standard InChI is InChI=1S/C20H26FN5O.2ClH/c21-16-9-8-13(19-25-24-18-7-2-1-3-10-26(18)19)11-17(16)23-20(27)15-6-4-5-14(15)12-22;;/h8-9,11,14-15H,1-7,10,12,22H2,(H,23,27);2*1H/t14-,15-;;/m1../s1. The summed E-state index contributed by atoms with van der Waals surface area (Å²) in [5.74, 6) is 1.19. The fourth-order valence-electron chi connectivity index (χ4n) is 4.35. The molecule has 1 saturated carbocycles. The molecule has 2 aromatic rings. The summed E-state index contributed by atoms with van der Waals surface area (Å²) in [6.07, 6.45) is 7.07. The Kier molecular flexibility index (Phi) is 8.43. The number of amides is 1. The number of benzene rings is 1. The zero-order chi connectivity index (χ0) is 18.8. The second-order valence-corrected chi connectivity index (χ2v) is 7.62. The summed E-state index contributed by atoms with van der Waals surface area (Å²) >= 11 is 0. The van der Waals surface area contributed by atoms with E-state index >= 15 is 0 Å². The molecule has 1 aliphatic carbocycles. The number of aromatic nitrogens is 3. The van der Waals surface area contributed by atoms with Crippen molar-refractivity contribution in [3.63, 3.8) is 0 Å². The number of nitrogens with two attached hydrogens (primary N) is 1. The van der Waals surface area contributed by atoms with Crippen LogP contribution in [0.4, 0.5) is 10.1 Å². The van der Waals surface area contributed by atoms with E-state index in [1.54, 1.807) is 12.1 Å². The van der Waals surface area contributed by atoms with Gasteiger partial charge in [0.1, 0.15) is 11.6 Å². The van der Waals surface area contributed by atoms with Gasteiger partial charge in [-0.25, -0.2) is 4.39 Å². The number of anilines is 1. The highest BCUT2D eigenvalue weighted by molar-refractivity contribution is 5.93. The Bertz CT molecular complexity index is 844. The lowest BCUT2D eigenvalue weighted by molar-refractivity contribution is -0.120. The molecular weight excluding hydrogens is 416 g/mol. The Morgan fingerprint density at radius 3 is 2.79 bits per heavy atom. The summed E-state index contributed by atoms with van der Waals surface area (Å²) in [7, 11) is 0. The van der Waals surface area contributed by atoms with E-state index < -0.39 is 5.82 Å². The molecule has 3 N–H and O–H groups in total. The van der Waals surface area contributed by atoms with Crippen molar-refractivity contribution in [1.29, 1.82) is 0 Å². The Morgan fingerprint density at radius 2 is 2.00 bits per heavy atom. The minimum Gasteiger partial charge on any atom is -0.330 e. The second kappa shape index (κ2) is 10.4. The molecule has 9 heteroatoms. The summed E-state index contributed by atoms with van der Waals surface area (Å²) < 4.78 is 16.5. The summed E-state index contributed by atoms with van der Waals surface area (Å²) in [6.45, 7) is 1.36. The van der Waals surface area contributed by atoms with Gasteiger partial charge in [0, 0.05) is 24.4 Å². The van der Waals surface area contributed by atoms with Crippen LogP contribution in [0.2, 0.25) is 0 Å². The van der Waals surface area contributed by atoms with Crippen molar-refractivity contribution in [2.24, 2.45) is 17.6 Å². The largest absolute Gasteiger partial charge is 0.330 e. The van der Waals surface area contributed by atoms with Gasteiger partial charge in [-0.3, -0.25) is 4.79 Å². The van der Waals surface area contributed by atoms with E-state index in [9.17, 15) is 9.18 Å². The number of halogens is 3. The van der Waals surface area contributed by atoms with Crippen LogP contribution in [0.1, 0.15) is 44.3 Å². The highest BCUT2D eigenvalue weighted by atomic mass is 35.5. The molecule has 0 bridgehead atoms. The summed E-state index contributed by atoms with van der Waals surface area (Å²) in [5, 5.41) is 11.4. The first-order valence-electron chi connectivity index (χ1n) is 9.90. The smallest absolute Gasteiger partial charge is 0.227 e. The second-order valence-electron chi connectivity index (χ2n) is 7.62. The summed E-state index contributed by atoms with van der Waals surface area (Å²) in [4.78, 5) is 12.6. The number of nitrogens with one attached hydrogen (secondary N) is 1. The fourth-order valence-corrected chi connectivity index (χ4v) is 4.35. The molecule has 1 amide bonds. The van der Waals surface area contributed by atoms with Gasteiger partial charge in [0.05, 0.1) is 5.69 Å². The number of aryl methyl sites for hydroxylation is 1. The molecule has 2 aliphatic rings. The first-order valence-corrected chi connectivity index (χ1v) is 9.90. The third-order valence-corrected chi connectivity index (χ3v) is 5.89. The van der Waals surface area contributed by atoms with Gasteiger partial charge >= 0.3 is 0 Å². The van der Waals surface area contributed by atoms with Crippen LogP contribution in [0.15, 0.2) is 18.2 Å². The van der Waals surface area contributed by atoms with Gasteiger partial charge in [-0.15, -0.1) is 35.0 Å². The maximum absolute atomic E-state index is 14.4. The number of hydrogen-bond acceptors (Lipinski definition) is 4. The zero-order valence-corrected chi connectivity index (χ0v) is 17.9. The molecular formula is C20H28Cl2FN5O. The van der Waals surface area contributed by atoms with Crippen molar-refractivity contribution in [2.45, 2.75) is 51.5 Å². The lowest BCUT2D eigenvalue weighted by Crippen LogP contribution is -2.30. The van der Waals surface area contributed by atoms with Gasteiger partial charge in [0.2, 0.25) is 5.91 Å². The zero-order valence-electron chi connectivity index (χ0n) is 16.3. The van der Waals surface area contributed by atoms with Gasteiger partial charge < -0.3 is 15.6 Å². The average molecular weight is 444 g/mol. The Hall–Kier alpha value is -1.70. The number of hydrogen-bond donors (Lipinski definition) is 2. The molecule has 0 unspecified atom stereocenters. The van der Waals surface area contributed by atoms with Gasteiger partial charge in [-0.05, 0) is 56.3 Å². The summed E-state index contributed by atoms with van der Waals surface area (Å²) in [5.41, 5.74) is 6.75. The molecule has 1 aromatic carbocycles. The normalized spacial score (nSPS) is 20.8. The van der Waals surface area contributed by atoms with Crippen LogP contribution in [-0.4, -0.2) is 27.2 Å². The van der Waals surface area contributed by atoms with E-state index in [-0.39, 0.29) is 48.2 Å². The first kappa shape index (κ1) is 23.6. The van der Waals surface area contributed by atoms with E-state index in [0.717, 1.165) is 62.3 Å². The first-order chi connectivity index (χ1) is 13.2. The maximum atomic E-state index is 14.4. The van der Waals surface area contributed by atoms with Crippen LogP contribution >= 0.6 is 24.8 Å². The molecule has 1 aliphatic heterocycles. The molecule has 0 radical (unpaired) electrons. The average Bonchev–Trinajstić information content (AvgIpc) is 3.25.